The maximum Gasteiger partial charge on any atom is 0.136 e. The van der Waals surface area contributed by atoms with E-state index in [0.29, 0.717) is 0 Å². The molecule has 246 valence electrons. The van der Waals surface area contributed by atoms with Gasteiger partial charge in [0.2, 0.25) is 0 Å². The molecule has 0 amide bonds. The highest BCUT2D eigenvalue weighted by Gasteiger charge is 2.21. The molecule has 0 spiro atoms. The van der Waals surface area contributed by atoms with Gasteiger partial charge in [0.15, 0.2) is 0 Å². The van der Waals surface area contributed by atoms with Gasteiger partial charge < -0.3 is 4.42 Å². The van der Waals surface area contributed by atoms with E-state index >= 15 is 0 Å². The highest BCUT2D eigenvalue weighted by atomic mass is 16.3. The Morgan fingerprint density at radius 2 is 0.698 bits per heavy atom. The minimum absolute atomic E-state index is 0.902. The molecule has 1 nitrogen and oxygen atoms in total. The Labute approximate surface area is 307 Å². The molecule has 0 fully saturated rings. The number of fused-ring (bicyclic) bond motifs is 7. The van der Waals surface area contributed by atoms with Crippen LogP contribution in [0.25, 0.3) is 110 Å². The predicted octanol–water partition coefficient (Wildman–Crippen LogP) is 14.9. The zero-order valence-corrected chi connectivity index (χ0v) is 28.9. The van der Waals surface area contributed by atoms with Crippen molar-refractivity contribution < 1.29 is 4.42 Å². The maximum absolute atomic E-state index is 6.44. The Kier molecular flexibility index (Phi) is 6.62. The Bertz CT molecular complexity index is 3150. The van der Waals surface area contributed by atoms with E-state index < -0.39 is 0 Å². The molecule has 11 rings (SSSR count). The average molecular weight is 673 g/mol. The van der Waals surface area contributed by atoms with Crippen LogP contribution >= 0.6 is 0 Å². The van der Waals surface area contributed by atoms with Crippen LogP contribution in [-0.2, 0) is 0 Å². The zero-order chi connectivity index (χ0) is 34.9. The van der Waals surface area contributed by atoms with Crippen molar-refractivity contribution >= 4 is 65.0 Å². The minimum atomic E-state index is 0.902. The number of furan rings is 1. The Balaban J connectivity index is 1.15. The van der Waals surface area contributed by atoms with Crippen LogP contribution in [0.1, 0.15) is 0 Å². The van der Waals surface area contributed by atoms with Crippen LogP contribution in [-0.4, -0.2) is 0 Å². The first-order valence-electron chi connectivity index (χ1n) is 18.3. The third-order valence-electron chi connectivity index (χ3n) is 11.1. The van der Waals surface area contributed by atoms with E-state index in [2.05, 4.69) is 188 Å². The third-order valence-corrected chi connectivity index (χ3v) is 11.1. The summed E-state index contributed by atoms with van der Waals surface area (Å²) in [5, 5.41) is 12.3. The van der Waals surface area contributed by atoms with Crippen LogP contribution in [0.4, 0.5) is 0 Å². The highest BCUT2D eigenvalue weighted by Crippen LogP contribution is 2.47. The molecule has 0 unspecified atom stereocenters. The third kappa shape index (κ3) is 4.58. The second-order valence-corrected chi connectivity index (χ2v) is 13.9. The summed E-state index contributed by atoms with van der Waals surface area (Å²) in [5.74, 6) is 0. The fourth-order valence-electron chi connectivity index (χ4n) is 8.77. The van der Waals surface area contributed by atoms with Gasteiger partial charge in [-0.1, -0.05) is 182 Å². The normalized spacial score (nSPS) is 11.8. The van der Waals surface area contributed by atoms with Gasteiger partial charge in [-0.25, -0.2) is 0 Å². The van der Waals surface area contributed by atoms with Crippen molar-refractivity contribution in [1.29, 1.82) is 0 Å². The molecule has 1 heterocycles. The first-order chi connectivity index (χ1) is 26.3. The number of hydrogen-bond donors (Lipinski definition) is 0. The fourth-order valence-corrected chi connectivity index (χ4v) is 8.77. The van der Waals surface area contributed by atoms with E-state index in [0.717, 1.165) is 21.9 Å². The second-order valence-electron chi connectivity index (χ2n) is 13.9. The Morgan fingerprint density at radius 1 is 0.245 bits per heavy atom. The van der Waals surface area contributed by atoms with Gasteiger partial charge in [0.05, 0.1) is 0 Å². The molecule has 0 saturated carbocycles. The first-order valence-corrected chi connectivity index (χ1v) is 18.3. The second kappa shape index (κ2) is 11.8. The van der Waals surface area contributed by atoms with Crippen molar-refractivity contribution in [1.82, 2.24) is 0 Å². The van der Waals surface area contributed by atoms with Crippen molar-refractivity contribution in [3.63, 3.8) is 0 Å². The van der Waals surface area contributed by atoms with Crippen molar-refractivity contribution in [3.05, 3.63) is 194 Å². The van der Waals surface area contributed by atoms with Gasteiger partial charge in [-0.15, -0.1) is 0 Å². The average Bonchev–Trinajstić information content (AvgIpc) is 3.61. The molecule has 1 heteroatoms. The van der Waals surface area contributed by atoms with Crippen molar-refractivity contribution in [2.75, 3.05) is 0 Å². The van der Waals surface area contributed by atoms with Gasteiger partial charge in [0, 0.05) is 16.3 Å². The van der Waals surface area contributed by atoms with E-state index in [1.807, 2.05) is 6.07 Å². The number of hydrogen-bond acceptors (Lipinski definition) is 1. The summed E-state index contributed by atoms with van der Waals surface area (Å²) >= 11 is 0. The lowest BCUT2D eigenvalue weighted by atomic mass is 9.84. The molecule has 1 aromatic heterocycles. The molecule has 0 bridgehead atoms. The summed E-state index contributed by atoms with van der Waals surface area (Å²) in [7, 11) is 0. The number of para-hydroxylation sites is 1. The van der Waals surface area contributed by atoms with E-state index in [9.17, 15) is 0 Å². The van der Waals surface area contributed by atoms with Crippen molar-refractivity contribution in [2.45, 2.75) is 0 Å². The molecule has 10 aromatic carbocycles. The van der Waals surface area contributed by atoms with Crippen LogP contribution in [0.3, 0.4) is 0 Å². The topological polar surface area (TPSA) is 13.1 Å². The van der Waals surface area contributed by atoms with Gasteiger partial charge in [-0.2, -0.15) is 0 Å². The zero-order valence-electron chi connectivity index (χ0n) is 28.9. The smallest absolute Gasteiger partial charge is 0.136 e. The first kappa shape index (κ1) is 29.7. The molecule has 53 heavy (non-hydrogen) atoms. The molecule has 0 aliphatic heterocycles. The lowest BCUT2D eigenvalue weighted by Crippen LogP contribution is -1.92. The molecule has 0 radical (unpaired) electrons. The Hall–Kier alpha value is -6.96. The van der Waals surface area contributed by atoms with E-state index in [4.69, 9.17) is 4.42 Å². The molecule has 0 N–H and O–H groups in total. The fraction of sp³-hybridized carbons (Fsp3) is 0. The quantitative estimate of drug-likeness (QED) is 0.170. The summed E-state index contributed by atoms with van der Waals surface area (Å²) in [6.45, 7) is 0. The minimum Gasteiger partial charge on any atom is -0.456 e. The van der Waals surface area contributed by atoms with Crippen LogP contribution in [0.15, 0.2) is 199 Å². The molecule has 0 saturated heterocycles. The lowest BCUT2D eigenvalue weighted by Gasteiger charge is -2.19. The SMILES string of the molecule is c1ccc2c(-c3c4ccccc4c(-c4ccc(-c5ccc6oc7ccccc7c6c5-c5cccc6ccccc56)cc4)c4ccccc34)cccc2c1. The maximum atomic E-state index is 6.44. The van der Waals surface area contributed by atoms with Gasteiger partial charge in [0.1, 0.15) is 11.2 Å². The number of benzene rings is 10. The van der Waals surface area contributed by atoms with Crippen LogP contribution in [0.2, 0.25) is 0 Å². The van der Waals surface area contributed by atoms with Gasteiger partial charge in [0.25, 0.3) is 0 Å². The summed E-state index contributed by atoms with van der Waals surface area (Å²) in [6, 6.07) is 70.5. The summed E-state index contributed by atoms with van der Waals surface area (Å²) in [6.07, 6.45) is 0. The molecule has 0 atom stereocenters. The van der Waals surface area contributed by atoms with Gasteiger partial charge in [-0.3, -0.25) is 0 Å². The molecule has 11 aromatic rings. The van der Waals surface area contributed by atoms with Crippen LogP contribution in [0.5, 0.6) is 0 Å². The van der Waals surface area contributed by atoms with E-state index in [1.165, 1.54) is 87.6 Å². The van der Waals surface area contributed by atoms with Crippen molar-refractivity contribution in [2.24, 2.45) is 0 Å². The summed E-state index contributed by atoms with van der Waals surface area (Å²) in [4.78, 5) is 0. The molecular formula is C52H32O. The lowest BCUT2D eigenvalue weighted by molar-refractivity contribution is 0.669. The summed E-state index contributed by atoms with van der Waals surface area (Å²) in [5.41, 5.74) is 11.6. The Morgan fingerprint density at radius 3 is 1.30 bits per heavy atom. The van der Waals surface area contributed by atoms with Crippen molar-refractivity contribution in [3.8, 4) is 44.5 Å². The van der Waals surface area contributed by atoms with E-state index in [1.54, 1.807) is 0 Å². The predicted molar refractivity (Wildman–Crippen MR) is 225 cm³/mol. The molecule has 0 aliphatic carbocycles. The standard InChI is InChI=1S/C52H32O/c1-3-17-37-33(13-1)15-11-24-40(37)50-44-21-7-5-19-42(44)49(43-20-6-8-22-45(43)50)36-29-27-35(28-30-36)39-31-32-48-52(46-23-9-10-26-47(46)53-48)51(39)41-25-12-16-34-14-2-4-18-38(34)41/h1-32H. The van der Waals surface area contributed by atoms with Crippen LogP contribution < -0.4 is 0 Å². The van der Waals surface area contributed by atoms with Crippen LogP contribution in [0, 0.1) is 0 Å². The molecule has 0 aliphatic rings. The van der Waals surface area contributed by atoms with Gasteiger partial charge in [-0.05, 0) is 94.2 Å². The largest absolute Gasteiger partial charge is 0.456 e. The monoisotopic (exact) mass is 672 g/mol. The number of rotatable bonds is 4. The van der Waals surface area contributed by atoms with Gasteiger partial charge >= 0.3 is 0 Å². The molecular weight excluding hydrogens is 641 g/mol. The van der Waals surface area contributed by atoms with E-state index in [-0.39, 0.29) is 0 Å². The summed E-state index contributed by atoms with van der Waals surface area (Å²) < 4.78 is 6.44. The highest BCUT2D eigenvalue weighted by molar-refractivity contribution is 6.24.